The molecule has 0 fully saturated rings. The maximum absolute atomic E-state index is 7.41. The molecule has 0 radical (unpaired) electrons. The molecule has 118 valence electrons. The normalized spacial score (nSPS) is 14.2. The Morgan fingerprint density at radius 3 is 2.77 bits per heavy atom. The van der Waals surface area contributed by atoms with Gasteiger partial charge < -0.3 is 32.7 Å². The van der Waals surface area contributed by atoms with Crippen molar-refractivity contribution in [3.63, 3.8) is 0 Å². The summed E-state index contributed by atoms with van der Waals surface area (Å²) in [5.74, 6) is 7.55. The van der Waals surface area contributed by atoms with Crippen LogP contribution in [0.4, 0.5) is 11.4 Å². The van der Waals surface area contributed by atoms with Crippen molar-refractivity contribution in [2.24, 2.45) is 22.3 Å². The van der Waals surface area contributed by atoms with Gasteiger partial charge in [-0.3, -0.25) is 5.01 Å². The van der Waals surface area contributed by atoms with Gasteiger partial charge in [-0.2, -0.15) is 0 Å². The minimum atomic E-state index is 0.181. The Labute approximate surface area is 128 Å². The van der Waals surface area contributed by atoms with Crippen LogP contribution in [-0.4, -0.2) is 32.4 Å². The number of benzene rings is 1. The lowest BCUT2D eigenvalue weighted by molar-refractivity contribution is 0.415. The van der Waals surface area contributed by atoms with Crippen LogP contribution in [0.1, 0.15) is 5.56 Å². The zero-order valence-corrected chi connectivity index (χ0v) is 12.3. The highest BCUT2D eigenvalue weighted by molar-refractivity contribution is 5.99. The molecule has 1 aliphatic rings. The summed E-state index contributed by atoms with van der Waals surface area (Å²) in [6, 6.07) is 3.27. The number of hydrogen-bond acceptors (Lipinski definition) is 9. The van der Waals surface area contributed by atoms with Gasteiger partial charge in [-0.1, -0.05) is 0 Å². The van der Waals surface area contributed by atoms with Crippen LogP contribution in [0.2, 0.25) is 0 Å². The minimum Gasteiger partial charge on any atom is -0.494 e. The Bertz CT molecular complexity index is 652. The monoisotopic (exact) mass is 304 g/mol. The van der Waals surface area contributed by atoms with Crippen molar-refractivity contribution in [3.8, 4) is 5.75 Å². The molecule has 0 atom stereocenters. The van der Waals surface area contributed by atoms with Crippen LogP contribution in [-0.2, 0) is 0 Å². The lowest BCUT2D eigenvalue weighted by Crippen LogP contribution is -2.44. The first-order chi connectivity index (χ1) is 10.5. The van der Waals surface area contributed by atoms with Gasteiger partial charge in [0.05, 0.1) is 7.11 Å². The third-order valence-corrected chi connectivity index (χ3v) is 3.34. The first-order valence-corrected chi connectivity index (χ1v) is 6.53. The lowest BCUT2D eigenvalue weighted by atomic mass is 10.1. The fourth-order valence-electron chi connectivity index (χ4n) is 2.15. The standard InChI is InChI=1S/C13H20N8O/c1-22-11-3-9(16)7(4-14)2-10(11)21(18)13-8(5-15)12(17)19-6-20-13/h2-4,14,20H,5-6,15-16,18H2,1H3,(H2,17,19). The van der Waals surface area contributed by atoms with Crippen molar-refractivity contribution >= 4 is 23.4 Å². The van der Waals surface area contributed by atoms with E-state index in [1.165, 1.54) is 12.1 Å². The second-order valence-electron chi connectivity index (χ2n) is 4.58. The number of nitrogens with two attached hydrogens (primary N) is 4. The van der Waals surface area contributed by atoms with Gasteiger partial charge in [0.15, 0.2) is 0 Å². The predicted molar refractivity (Wildman–Crippen MR) is 87.7 cm³/mol. The van der Waals surface area contributed by atoms with E-state index < -0.39 is 0 Å². The van der Waals surface area contributed by atoms with Crippen molar-refractivity contribution in [3.05, 3.63) is 29.1 Å². The third-order valence-electron chi connectivity index (χ3n) is 3.34. The average molecular weight is 304 g/mol. The number of ether oxygens (including phenoxy) is 1. The van der Waals surface area contributed by atoms with Crippen LogP contribution in [0.5, 0.6) is 5.75 Å². The number of methoxy groups -OCH3 is 1. The molecule has 0 saturated heterocycles. The molecule has 2 rings (SSSR count). The predicted octanol–water partition coefficient (Wildman–Crippen LogP) is -0.957. The Balaban J connectivity index is 2.55. The molecule has 9 heteroatoms. The maximum Gasteiger partial charge on any atom is 0.146 e. The zero-order chi connectivity index (χ0) is 16.3. The van der Waals surface area contributed by atoms with Gasteiger partial charge >= 0.3 is 0 Å². The number of nitrogens with one attached hydrogen (secondary N) is 2. The van der Waals surface area contributed by atoms with Gasteiger partial charge in [0.2, 0.25) is 0 Å². The highest BCUT2D eigenvalue weighted by Crippen LogP contribution is 2.33. The number of nitrogen functional groups attached to an aromatic ring is 1. The van der Waals surface area contributed by atoms with E-state index in [0.717, 1.165) is 6.21 Å². The first-order valence-electron chi connectivity index (χ1n) is 6.53. The largest absolute Gasteiger partial charge is 0.494 e. The van der Waals surface area contributed by atoms with Gasteiger partial charge in [0, 0.05) is 35.6 Å². The van der Waals surface area contributed by atoms with Gasteiger partial charge in [0.1, 0.15) is 29.8 Å². The Morgan fingerprint density at radius 2 is 2.18 bits per heavy atom. The number of aliphatic imine (C=N–C) groups is 1. The summed E-state index contributed by atoms with van der Waals surface area (Å²) in [4.78, 5) is 4.07. The van der Waals surface area contributed by atoms with E-state index in [9.17, 15) is 0 Å². The Hall–Kier alpha value is -2.78. The number of hydrazine groups is 1. The molecule has 0 bridgehead atoms. The molecular weight excluding hydrogens is 284 g/mol. The van der Waals surface area contributed by atoms with E-state index in [-0.39, 0.29) is 6.54 Å². The second kappa shape index (κ2) is 6.33. The van der Waals surface area contributed by atoms with E-state index in [1.54, 1.807) is 12.1 Å². The molecule has 22 heavy (non-hydrogen) atoms. The number of nitrogens with zero attached hydrogens (tertiary/aromatic N) is 2. The molecule has 1 heterocycles. The minimum absolute atomic E-state index is 0.181. The Kier molecular flexibility index (Phi) is 4.49. The van der Waals surface area contributed by atoms with E-state index in [4.69, 9.17) is 33.2 Å². The van der Waals surface area contributed by atoms with Crippen LogP contribution < -0.4 is 38.1 Å². The van der Waals surface area contributed by atoms with Gasteiger partial charge in [0.25, 0.3) is 0 Å². The highest BCUT2D eigenvalue weighted by atomic mass is 16.5. The molecule has 0 aliphatic carbocycles. The summed E-state index contributed by atoms with van der Waals surface area (Å²) >= 11 is 0. The van der Waals surface area contributed by atoms with Gasteiger partial charge in [-0.15, -0.1) is 0 Å². The molecule has 1 aromatic carbocycles. The van der Waals surface area contributed by atoms with E-state index >= 15 is 0 Å². The summed E-state index contributed by atoms with van der Waals surface area (Å²) in [7, 11) is 1.51. The summed E-state index contributed by atoms with van der Waals surface area (Å²) in [6.45, 7) is 0.479. The molecule has 1 aliphatic heterocycles. The number of hydrogen-bond donors (Lipinski definition) is 6. The van der Waals surface area contributed by atoms with Crippen molar-refractivity contribution in [1.29, 1.82) is 5.41 Å². The molecule has 0 amide bonds. The van der Waals surface area contributed by atoms with Crippen molar-refractivity contribution < 1.29 is 4.74 Å². The SMILES string of the molecule is COc1cc(N)c(C=N)cc1N(N)C1=C(CN)C(N)=NCN1. The van der Waals surface area contributed by atoms with E-state index in [2.05, 4.69) is 10.3 Å². The Morgan fingerprint density at radius 1 is 1.45 bits per heavy atom. The van der Waals surface area contributed by atoms with Crippen LogP contribution >= 0.6 is 0 Å². The summed E-state index contributed by atoms with van der Waals surface area (Å²) in [6.07, 6.45) is 1.15. The lowest BCUT2D eigenvalue weighted by Gasteiger charge is -2.29. The van der Waals surface area contributed by atoms with Crippen LogP contribution in [0, 0.1) is 5.41 Å². The summed E-state index contributed by atoms with van der Waals surface area (Å²) < 4.78 is 5.31. The van der Waals surface area contributed by atoms with Gasteiger partial charge in [-0.25, -0.2) is 10.8 Å². The molecule has 0 spiro atoms. The smallest absolute Gasteiger partial charge is 0.146 e. The second-order valence-corrected chi connectivity index (χ2v) is 4.58. The average Bonchev–Trinajstić information content (AvgIpc) is 2.53. The molecule has 0 saturated carbocycles. The first kappa shape index (κ1) is 15.6. The van der Waals surface area contributed by atoms with Crippen LogP contribution in [0.25, 0.3) is 0 Å². The number of amidine groups is 1. The molecular formula is C13H20N8O. The van der Waals surface area contributed by atoms with Crippen LogP contribution in [0.3, 0.4) is 0 Å². The third kappa shape index (κ3) is 2.67. The molecule has 0 aromatic heterocycles. The van der Waals surface area contributed by atoms with E-state index in [1.807, 2.05) is 0 Å². The van der Waals surface area contributed by atoms with Crippen LogP contribution in [0.15, 0.2) is 28.5 Å². The highest BCUT2D eigenvalue weighted by Gasteiger charge is 2.22. The number of rotatable bonds is 5. The van der Waals surface area contributed by atoms with Crippen molar-refractivity contribution in [1.82, 2.24) is 5.32 Å². The number of anilines is 2. The maximum atomic E-state index is 7.41. The van der Waals surface area contributed by atoms with Gasteiger partial charge in [-0.05, 0) is 6.07 Å². The van der Waals surface area contributed by atoms with Crippen molar-refractivity contribution in [2.75, 3.05) is 31.1 Å². The fourth-order valence-corrected chi connectivity index (χ4v) is 2.15. The molecule has 0 unspecified atom stereocenters. The quantitative estimate of drug-likeness (QED) is 0.176. The molecule has 10 N–H and O–H groups in total. The zero-order valence-electron chi connectivity index (χ0n) is 12.3. The molecule has 9 nitrogen and oxygen atoms in total. The van der Waals surface area contributed by atoms with Crippen molar-refractivity contribution in [2.45, 2.75) is 0 Å². The topological polar surface area (TPSA) is 165 Å². The fraction of sp³-hybridized carbons (Fsp3) is 0.231. The van der Waals surface area contributed by atoms with E-state index in [0.29, 0.717) is 46.6 Å². The summed E-state index contributed by atoms with van der Waals surface area (Å²) in [5.41, 5.74) is 19.5. The summed E-state index contributed by atoms with van der Waals surface area (Å²) in [5, 5.41) is 11.8. The molecule has 1 aromatic rings.